The lowest BCUT2D eigenvalue weighted by Gasteiger charge is -2.10. The molecule has 0 unspecified atom stereocenters. The monoisotopic (exact) mass is 397 g/mol. The normalized spacial score (nSPS) is 10.1. The molecule has 0 atom stereocenters. The molecule has 2 aromatic carbocycles. The van der Waals surface area contributed by atoms with E-state index in [9.17, 15) is 9.59 Å². The van der Waals surface area contributed by atoms with Gasteiger partial charge in [-0.05, 0) is 58.5 Å². The number of carboxylic acids is 1. The van der Waals surface area contributed by atoms with E-state index in [1.807, 2.05) is 22.6 Å². The van der Waals surface area contributed by atoms with Gasteiger partial charge >= 0.3 is 5.97 Å². The fourth-order valence-corrected chi connectivity index (χ4v) is 2.21. The third-order valence-corrected chi connectivity index (χ3v) is 3.48. The van der Waals surface area contributed by atoms with E-state index in [1.165, 1.54) is 0 Å². The fraction of sp³-hybridized carbons (Fsp3) is 0.0667. The molecule has 0 radical (unpaired) electrons. The first-order valence-electron chi connectivity index (χ1n) is 6.02. The van der Waals surface area contributed by atoms with E-state index in [4.69, 9.17) is 15.6 Å². The minimum absolute atomic E-state index is 0.121. The highest BCUT2D eigenvalue weighted by atomic mass is 127. The van der Waals surface area contributed by atoms with Crippen molar-refractivity contribution in [3.63, 3.8) is 0 Å². The summed E-state index contributed by atoms with van der Waals surface area (Å²) < 4.78 is 6.36. The number of rotatable bonds is 5. The summed E-state index contributed by atoms with van der Waals surface area (Å²) >= 11 is 2.04. The molecule has 0 saturated heterocycles. The van der Waals surface area contributed by atoms with Crippen molar-refractivity contribution in [3.05, 3.63) is 62.7 Å². The van der Waals surface area contributed by atoms with Crippen molar-refractivity contribution in [1.29, 1.82) is 0 Å². The Balaban J connectivity index is 2.13. The summed E-state index contributed by atoms with van der Waals surface area (Å²) in [6, 6.07) is 11.6. The van der Waals surface area contributed by atoms with Gasteiger partial charge in [-0.2, -0.15) is 0 Å². The maximum absolute atomic E-state index is 11.2. The zero-order chi connectivity index (χ0) is 15.4. The molecule has 0 spiro atoms. The van der Waals surface area contributed by atoms with Crippen LogP contribution >= 0.6 is 22.6 Å². The minimum atomic E-state index is -1.03. The van der Waals surface area contributed by atoms with Crippen molar-refractivity contribution in [2.45, 2.75) is 6.61 Å². The van der Waals surface area contributed by atoms with Gasteiger partial charge in [0.25, 0.3) is 0 Å². The first kappa shape index (κ1) is 15.3. The Kier molecular flexibility index (Phi) is 4.79. The molecule has 0 bridgehead atoms. The summed E-state index contributed by atoms with van der Waals surface area (Å²) in [5.74, 6) is -1.22. The molecule has 2 rings (SSSR count). The number of amides is 1. The van der Waals surface area contributed by atoms with Gasteiger partial charge in [0.1, 0.15) is 17.9 Å². The third kappa shape index (κ3) is 3.94. The van der Waals surface area contributed by atoms with Crippen LogP contribution in [-0.4, -0.2) is 17.0 Å². The Morgan fingerprint density at radius 3 is 2.38 bits per heavy atom. The average molecular weight is 397 g/mol. The number of halogens is 1. The Morgan fingerprint density at radius 2 is 1.81 bits per heavy atom. The highest BCUT2D eigenvalue weighted by Crippen LogP contribution is 2.22. The van der Waals surface area contributed by atoms with E-state index >= 15 is 0 Å². The molecule has 6 heteroatoms. The quantitative estimate of drug-likeness (QED) is 0.760. The van der Waals surface area contributed by atoms with Crippen molar-refractivity contribution < 1.29 is 19.4 Å². The smallest absolute Gasteiger partial charge is 0.339 e. The largest absolute Gasteiger partial charge is 0.488 e. The first-order valence-corrected chi connectivity index (χ1v) is 7.09. The Morgan fingerprint density at radius 1 is 1.14 bits per heavy atom. The van der Waals surface area contributed by atoms with Crippen LogP contribution in [0, 0.1) is 3.57 Å². The molecule has 0 aromatic heterocycles. The van der Waals surface area contributed by atoms with Gasteiger partial charge in [0, 0.05) is 9.13 Å². The van der Waals surface area contributed by atoms with Crippen LogP contribution < -0.4 is 10.5 Å². The number of aromatic carboxylic acids is 1. The van der Waals surface area contributed by atoms with E-state index in [0.717, 1.165) is 9.13 Å². The number of ether oxygens (including phenoxy) is 1. The maximum Gasteiger partial charge on any atom is 0.339 e. The van der Waals surface area contributed by atoms with Crippen LogP contribution in [0.1, 0.15) is 26.3 Å². The topological polar surface area (TPSA) is 89.6 Å². The number of carbonyl (C=O) groups excluding carboxylic acids is 1. The second kappa shape index (κ2) is 6.57. The van der Waals surface area contributed by atoms with Crippen LogP contribution in [0.4, 0.5) is 0 Å². The molecule has 3 N–H and O–H groups in total. The highest BCUT2D eigenvalue weighted by molar-refractivity contribution is 14.1. The second-order valence-electron chi connectivity index (χ2n) is 4.30. The van der Waals surface area contributed by atoms with Crippen molar-refractivity contribution >= 4 is 34.5 Å². The maximum atomic E-state index is 11.2. The lowest BCUT2D eigenvalue weighted by Crippen LogP contribution is -2.10. The summed E-state index contributed by atoms with van der Waals surface area (Å²) in [6.07, 6.45) is 0. The molecule has 5 nitrogen and oxygen atoms in total. The molecule has 108 valence electrons. The number of benzene rings is 2. The molecule has 0 heterocycles. The number of hydrogen-bond donors (Lipinski definition) is 2. The third-order valence-electron chi connectivity index (χ3n) is 2.80. The highest BCUT2D eigenvalue weighted by Gasteiger charge is 2.12. The van der Waals surface area contributed by atoms with Crippen LogP contribution in [-0.2, 0) is 6.61 Å². The summed E-state index contributed by atoms with van der Waals surface area (Å²) in [4.78, 5) is 22.1. The molecule has 1 amide bonds. The number of carbonyl (C=O) groups is 2. The van der Waals surface area contributed by atoms with Crippen LogP contribution in [0.3, 0.4) is 0 Å². The Labute approximate surface area is 134 Å². The van der Waals surface area contributed by atoms with Gasteiger partial charge in [0.15, 0.2) is 0 Å². The molecule has 0 fully saturated rings. The number of nitrogens with two attached hydrogens (primary N) is 1. The van der Waals surface area contributed by atoms with Gasteiger partial charge in [-0.1, -0.05) is 12.1 Å². The summed E-state index contributed by atoms with van der Waals surface area (Å²) in [6.45, 7) is 0.208. The average Bonchev–Trinajstić information content (AvgIpc) is 2.46. The van der Waals surface area contributed by atoms with Crippen LogP contribution in [0.25, 0.3) is 0 Å². The number of hydrogen-bond acceptors (Lipinski definition) is 3. The molecule has 0 aliphatic heterocycles. The van der Waals surface area contributed by atoms with Crippen LogP contribution in [0.5, 0.6) is 5.75 Å². The van der Waals surface area contributed by atoms with Gasteiger partial charge < -0.3 is 15.6 Å². The molecule has 0 aliphatic rings. The van der Waals surface area contributed by atoms with E-state index in [0.29, 0.717) is 11.3 Å². The molecule has 0 aliphatic carbocycles. The standard InChI is InChI=1S/C15H12INO4/c16-11-5-6-13(12(7-11)15(19)20)21-8-9-1-3-10(4-2-9)14(17)18/h1-7H,8H2,(H2,17,18)(H,19,20). The predicted octanol–water partition coefficient (Wildman–Crippen LogP) is 2.67. The van der Waals surface area contributed by atoms with Crippen LogP contribution in [0.2, 0.25) is 0 Å². The zero-order valence-corrected chi connectivity index (χ0v) is 13.0. The van der Waals surface area contributed by atoms with E-state index in [-0.39, 0.29) is 12.2 Å². The second-order valence-corrected chi connectivity index (χ2v) is 5.54. The Bertz CT molecular complexity index is 683. The van der Waals surface area contributed by atoms with Crippen molar-refractivity contribution in [2.24, 2.45) is 5.73 Å². The fourth-order valence-electron chi connectivity index (χ4n) is 1.72. The van der Waals surface area contributed by atoms with Crippen molar-refractivity contribution in [1.82, 2.24) is 0 Å². The predicted molar refractivity (Wildman–Crippen MR) is 85.4 cm³/mol. The van der Waals surface area contributed by atoms with E-state index in [1.54, 1.807) is 42.5 Å². The van der Waals surface area contributed by atoms with Gasteiger partial charge in [-0.15, -0.1) is 0 Å². The van der Waals surface area contributed by atoms with Crippen LogP contribution in [0.15, 0.2) is 42.5 Å². The first-order chi connectivity index (χ1) is 9.97. The Hall–Kier alpha value is -2.09. The zero-order valence-electron chi connectivity index (χ0n) is 10.9. The molecular formula is C15H12INO4. The van der Waals surface area contributed by atoms with Crippen molar-refractivity contribution in [3.8, 4) is 5.75 Å². The molecule has 2 aromatic rings. The molecular weight excluding hydrogens is 385 g/mol. The summed E-state index contributed by atoms with van der Waals surface area (Å²) in [5.41, 5.74) is 6.51. The van der Waals surface area contributed by atoms with Crippen molar-refractivity contribution in [2.75, 3.05) is 0 Å². The SMILES string of the molecule is NC(=O)c1ccc(COc2ccc(I)cc2C(=O)O)cc1. The number of primary amides is 1. The molecule has 21 heavy (non-hydrogen) atoms. The summed E-state index contributed by atoms with van der Waals surface area (Å²) in [5, 5.41) is 9.15. The van der Waals surface area contributed by atoms with Gasteiger partial charge in [0.2, 0.25) is 5.91 Å². The van der Waals surface area contributed by atoms with Gasteiger partial charge in [0.05, 0.1) is 0 Å². The minimum Gasteiger partial charge on any atom is -0.488 e. The summed E-state index contributed by atoms with van der Waals surface area (Å²) in [7, 11) is 0. The van der Waals surface area contributed by atoms with Gasteiger partial charge in [-0.3, -0.25) is 4.79 Å². The lowest BCUT2D eigenvalue weighted by atomic mass is 10.1. The molecule has 0 saturated carbocycles. The lowest BCUT2D eigenvalue weighted by molar-refractivity contribution is 0.0691. The van der Waals surface area contributed by atoms with Gasteiger partial charge in [-0.25, -0.2) is 4.79 Å². The van der Waals surface area contributed by atoms with E-state index in [2.05, 4.69) is 0 Å². The number of carboxylic acid groups (broad SMARTS) is 1. The van der Waals surface area contributed by atoms with E-state index < -0.39 is 11.9 Å².